The van der Waals surface area contributed by atoms with Gasteiger partial charge in [-0.3, -0.25) is 0 Å². The van der Waals surface area contributed by atoms with Crippen LogP contribution in [0.3, 0.4) is 0 Å². The minimum Gasteiger partial charge on any atom is -0.491 e. The normalized spacial score (nSPS) is 11.3. The lowest BCUT2D eigenvalue weighted by Crippen LogP contribution is -2.09. The number of pyridine rings is 2. The second-order valence-corrected chi connectivity index (χ2v) is 15.5. The molecule has 6 rings (SSSR count). The van der Waals surface area contributed by atoms with Gasteiger partial charge >= 0.3 is 0 Å². The Bertz CT molecular complexity index is 2190. The van der Waals surface area contributed by atoms with Crippen molar-refractivity contribution in [3.63, 3.8) is 0 Å². The molecule has 0 aliphatic carbocycles. The Labute approximate surface area is 325 Å². The Balaban J connectivity index is 0.000000208. The Kier molecular flexibility index (Phi) is 14.0. The van der Waals surface area contributed by atoms with Crippen LogP contribution in [0.1, 0.15) is 61.0 Å². The van der Waals surface area contributed by atoms with Crippen molar-refractivity contribution in [3.05, 3.63) is 76.3 Å². The lowest BCUT2D eigenvalue weighted by atomic mass is 10.1. The van der Waals surface area contributed by atoms with E-state index in [1.165, 1.54) is 0 Å². The van der Waals surface area contributed by atoms with Gasteiger partial charge in [-0.25, -0.2) is 26.5 Å². The number of aromatic nitrogens is 4. The van der Waals surface area contributed by atoms with Gasteiger partial charge in [-0.05, 0) is 85.2 Å². The molecule has 0 saturated heterocycles. The Morgan fingerprint density at radius 1 is 0.685 bits per heavy atom. The molecule has 4 heterocycles. The fraction of sp³-hybridized carbons (Fsp3) is 0.390. The van der Waals surface area contributed by atoms with Gasteiger partial charge in [0.05, 0.1) is 41.2 Å². The molecule has 11 nitrogen and oxygen atoms in total. The number of benzene rings is 2. The smallest absolute Gasteiger partial charge is 0.218 e. The average molecular weight is 768 g/mol. The molecule has 0 radical (unpaired) electrons. The summed E-state index contributed by atoms with van der Waals surface area (Å²) in [5.74, 6) is 2.25. The van der Waals surface area contributed by atoms with Crippen molar-refractivity contribution in [1.29, 1.82) is 0 Å². The van der Waals surface area contributed by atoms with Crippen molar-refractivity contribution < 1.29 is 19.3 Å². The summed E-state index contributed by atoms with van der Waals surface area (Å²) >= 11 is 3.13. The van der Waals surface area contributed by atoms with Crippen LogP contribution in [0.2, 0.25) is 0 Å². The molecule has 284 valence electrons. The van der Waals surface area contributed by atoms with Crippen molar-refractivity contribution in [3.8, 4) is 40.0 Å². The first-order chi connectivity index (χ1) is 25.9. The molecule has 2 aromatic carbocycles. The minimum atomic E-state index is -0.0301. The molecule has 0 atom stereocenters. The summed E-state index contributed by atoms with van der Waals surface area (Å²) in [6, 6.07) is 16.4. The Morgan fingerprint density at radius 3 is 1.69 bits per heavy atom. The lowest BCUT2D eigenvalue weighted by molar-refractivity contribution is 0.201. The summed E-state index contributed by atoms with van der Waals surface area (Å²) in [7, 11) is 0. The molecule has 0 amide bonds. The van der Waals surface area contributed by atoms with Gasteiger partial charge in [0, 0.05) is 58.2 Å². The number of nitrogens with one attached hydrogen (secondary N) is 2. The van der Waals surface area contributed by atoms with Crippen LogP contribution in [0.4, 0.5) is 10.3 Å². The molecule has 6 aromatic rings. The van der Waals surface area contributed by atoms with Crippen LogP contribution in [-0.2, 0) is 6.42 Å². The maximum Gasteiger partial charge on any atom is 0.218 e. The molecular weight excluding hydrogens is 719 g/mol. The van der Waals surface area contributed by atoms with E-state index in [1.807, 2.05) is 74.9 Å². The van der Waals surface area contributed by atoms with Crippen LogP contribution in [0.5, 0.6) is 17.2 Å². The number of hydrogen-bond donors (Lipinski definition) is 3. The van der Waals surface area contributed by atoms with Crippen LogP contribution in [0, 0.1) is 6.57 Å². The van der Waals surface area contributed by atoms with Crippen LogP contribution in [0.25, 0.3) is 49.4 Å². The number of thiazole rings is 2. The van der Waals surface area contributed by atoms with E-state index in [0.717, 1.165) is 78.3 Å². The van der Waals surface area contributed by atoms with E-state index >= 15 is 0 Å². The molecule has 0 aliphatic rings. The summed E-state index contributed by atoms with van der Waals surface area (Å²) in [4.78, 5) is 22.4. The highest BCUT2D eigenvalue weighted by atomic mass is 32.1. The molecule has 54 heavy (non-hydrogen) atoms. The van der Waals surface area contributed by atoms with Gasteiger partial charge in [0.2, 0.25) is 6.54 Å². The zero-order valence-corrected chi connectivity index (χ0v) is 33.8. The highest BCUT2D eigenvalue weighted by Crippen LogP contribution is 2.35. The number of ether oxygens (including phenoxy) is 3. The van der Waals surface area contributed by atoms with Crippen LogP contribution >= 0.6 is 22.7 Å². The molecule has 0 saturated carbocycles. The molecular formula is C41H49N7O4S2. The van der Waals surface area contributed by atoms with Gasteiger partial charge in [0.15, 0.2) is 10.3 Å². The van der Waals surface area contributed by atoms with Gasteiger partial charge < -0.3 is 34.8 Å². The van der Waals surface area contributed by atoms with Gasteiger partial charge in [-0.2, -0.15) is 0 Å². The molecule has 0 aliphatic heterocycles. The fourth-order valence-corrected chi connectivity index (χ4v) is 7.09. The first kappa shape index (κ1) is 40.2. The monoisotopic (exact) mass is 767 g/mol. The topological polar surface area (TPSA) is 128 Å². The predicted octanol–water partition coefficient (Wildman–Crippen LogP) is 9.76. The third-order valence-corrected chi connectivity index (χ3v) is 9.08. The van der Waals surface area contributed by atoms with Gasteiger partial charge in [-0.1, -0.05) is 6.07 Å². The van der Waals surface area contributed by atoms with E-state index in [2.05, 4.69) is 65.3 Å². The third kappa shape index (κ3) is 11.0. The average Bonchev–Trinajstić information content (AvgIpc) is 3.78. The Hall–Kier alpha value is -5.03. The standard InChI is InChI=1S/C21H24N4OS.C20H25N3O3S/c1-13(2)23-21-25-19(12-27-21)18-11-20(26-14(3)4)16-7-6-15(8-9-22-5)10-17(16)24-18;1-12(2)21-20-23-18(11-27-20)17-10-19(26-13(3)4)15-6-5-14(25-8-7-24)9-16(15)22-17/h6-7,10-14H,8-9H2,1-4H3,(H,23,25);5-6,9-13,24H,7-8H2,1-4H3,(H,21,23). The second kappa shape index (κ2) is 18.8. The summed E-state index contributed by atoms with van der Waals surface area (Å²) in [6.07, 6.45) is 0.839. The number of anilines is 2. The number of nitrogens with zero attached hydrogens (tertiary/aromatic N) is 5. The van der Waals surface area contributed by atoms with Crippen molar-refractivity contribution >= 4 is 54.7 Å². The van der Waals surface area contributed by atoms with Gasteiger partial charge in [0.1, 0.15) is 35.2 Å². The minimum absolute atomic E-state index is 0.0301. The zero-order valence-electron chi connectivity index (χ0n) is 32.1. The maximum absolute atomic E-state index is 8.97. The van der Waals surface area contributed by atoms with E-state index in [0.29, 0.717) is 24.4 Å². The van der Waals surface area contributed by atoms with E-state index in [1.54, 1.807) is 22.7 Å². The largest absolute Gasteiger partial charge is 0.491 e. The van der Waals surface area contributed by atoms with Crippen molar-refractivity contribution in [2.24, 2.45) is 0 Å². The second-order valence-electron chi connectivity index (χ2n) is 13.8. The third-order valence-electron chi connectivity index (χ3n) is 7.53. The van der Waals surface area contributed by atoms with Crippen molar-refractivity contribution in [1.82, 2.24) is 19.9 Å². The molecule has 0 fully saturated rings. The van der Waals surface area contributed by atoms with E-state index in [-0.39, 0.29) is 25.4 Å². The SMILES string of the molecule is CC(C)Nc1nc(-c2cc(OC(C)C)c3ccc(OCCO)cc3n2)cs1.[C-]#[N+]CCc1ccc2c(OC(C)C)cc(-c3csc(NC(C)C)n3)nc2c1. The summed E-state index contributed by atoms with van der Waals surface area (Å²) in [5, 5.41) is 23.3. The van der Waals surface area contributed by atoms with Crippen molar-refractivity contribution in [2.75, 3.05) is 30.4 Å². The number of rotatable bonds is 15. The molecule has 0 spiro atoms. The maximum atomic E-state index is 8.97. The molecule has 13 heteroatoms. The van der Waals surface area contributed by atoms with E-state index in [4.69, 9.17) is 35.9 Å². The van der Waals surface area contributed by atoms with E-state index in [9.17, 15) is 0 Å². The zero-order chi connectivity index (χ0) is 38.8. The van der Waals surface area contributed by atoms with Crippen molar-refractivity contribution in [2.45, 2.75) is 86.1 Å². The highest BCUT2D eigenvalue weighted by Gasteiger charge is 2.16. The van der Waals surface area contributed by atoms with Crippen LogP contribution < -0.4 is 24.8 Å². The summed E-state index contributed by atoms with van der Waals surface area (Å²) in [5.41, 5.74) is 5.95. The first-order valence-corrected chi connectivity index (χ1v) is 19.9. The van der Waals surface area contributed by atoms with Crippen LogP contribution in [0.15, 0.2) is 59.3 Å². The number of aliphatic hydroxyl groups excluding tert-OH is 1. The molecule has 0 bridgehead atoms. The number of fused-ring (bicyclic) bond motifs is 2. The summed E-state index contributed by atoms with van der Waals surface area (Å²) < 4.78 is 17.6. The van der Waals surface area contributed by atoms with Gasteiger partial charge in [0.25, 0.3) is 0 Å². The fourth-order valence-electron chi connectivity index (χ4n) is 5.39. The number of aliphatic hydroxyl groups is 1. The first-order valence-electron chi connectivity index (χ1n) is 18.2. The lowest BCUT2D eigenvalue weighted by Gasteiger charge is -2.14. The van der Waals surface area contributed by atoms with Gasteiger partial charge in [-0.15, -0.1) is 22.7 Å². The van der Waals surface area contributed by atoms with Crippen LogP contribution in [-0.4, -0.2) is 69.1 Å². The Morgan fingerprint density at radius 2 is 1.20 bits per heavy atom. The quantitative estimate of drug-likeness (QED) is 0.0869. The molecule has 3 N–H and O–H groups in total. The highest BCUT2D eigenvalue weighted by molar-refractivity contribution is 7.14. The summed E-state index contributed by atoms with van der Waals surface area (Å²) in [6.45, 7) is 24.1. The molecule has 4 aromatic heterocycles. The number of hydrogen-bond acceptors (Lipinski definition) is 12. The molecule has 0 unspecified atom stereocenters. The van der Waals surface area contributed by atoms with E-state index < -0.39 is 0 Å². The predicted molar refractivity (Wildman–Crippen MR) is 223 cm³/mol.